The largest absolute Gasteiger partial charge is 1.00 e. The first-order chi connectivity index (χ1) is 16.3. The van der Waals surface area contributed by atoms with E-state index >= 15 is 0 Å². The summed E-state index contributed by atoms with van der Waals surface area (Å²) in [5, 5.41) is 35.7. The van der Waals surface area contributed by atoms with Gasteiger partial charge in [-0.25, -0.2) is 8.42 Å². The molecule has 1 amide bonds. The van der Waals surface area contributed by atoms with E-state index in [9.17, 15) is 33.1 Å². The van der Waals surface area contributed by atoms with Crippen molar-refractivity contribution in [3.8, 4) is 0 Å². The molecule has 0 aromatic rings. The van der Waals surface area contributed by atoms with Crippen molar-refractivity contribution in [3.63, 3.8) is 0 Å². The van der Waals surface area contributed by atoms with Crippen LogP contribution in [0.2, 0.25) is 0 Å². The molecule has 0 aromatic carbocycles. The number of amides is 1. The van der Waals surface area contributed by atoms with Gasteiger partial charge in [0.15, 0.2) is 0 Å². The van der Waals surface area contributed by atoms with Crippen LogP contribution in [-0.2, 0) is 14.9 Å². The Labute approximate surface area is 258 Å². The van der Waals surface area contributed by atoms with Gasteiger partial charge in [-0.15, -0.1) is 0 Å². The molecule has 11 atom stereocenters. The molecule has 0 bridgehead atoms. The molecule has 0 heterocycles. The van der Waals surface area contributed by atoms with Crippen molar-refractivity contribution in [3.05, 3.63) is 0 Å². The number of aliphatic hydroxyl groups excluding tert-OH is 3. The van der Waals surface area contributed by atoms with Gasteiger partial charge in [-0.3, -0.25) is 4.79 Å². The molecule has 4 fully saturated rings. The number of aliphatic hydroxyl groups is 3. The van der Waals surface area contributed by atoms with Gasteiger partial charge in [-0.1, -0.05) is 20.8 Å². The molecule has 202 valence electrons. The summed E-state index contributed by atoms with van der Waals surface area (Å²) in [6.07, 6.45) is 5.58. The first kappa shape index (κ1) is 31.4. The fraction of sp³-hybridized carbons (Fsp3) is 0.962. The van der Waals surface area contributed by atoms with Crippen LogP contribution < -0.4 is 56.7 Å². The first-order valence-corrected chi connectivity index (χ1v) is 15.1. The van der Waals surface area contributed by atoms with E-state index in [4.69, 9.17) is 0 Å². The van der Waals surface area contributed by atoms with Gasteiger partial charge in [0, 0.05) is 13.0 Å². The van der Waals surface area contributed by atoms with Crippen molar-refractivity contribution in [1.82, 2.24) is 5.32 Å². The van der Waals surface area contributed by atoms with Crippen LogP contribution >= 0.6 is 0 Å². The summed E-state index contributed by atoms with van der Waals surface area (Å²) < 4.78 is 32.2. The third-order valence-corrected chi connectivity index (χ3v) is 11.7. The van der Waals surface area contributed by atoms with Gasteiger partial charge in [0.1, 0.15) is 0 Å². The summed E-state index contributed by atoms with van der Waals surface area (Å²) in [4.78, 5) is 12.2. The second-order valence-electron chi connectivity index (χ2n) is 12.7. The Morgan fingerprint density at radius 3 is 2.44 bits per heavy atom. The van der Waals surface area contributed by atoms with Gasteiger partial charge in [0.25, 0.3) is 0 Å². The van der Waals surface area contributed by atoms with Crippen LogP contribution in [-0.4, -0.2) is 64.8 Å². The summed E-state index contributed by atoms with van der Waals surface area (Å²) in [5.74, 6) is 0.522. The Hall–Kier alpha value is 0.896. The van der Waals surface area contributed by atoms with Crippen molar-refractivity contribution in [1.29, 1.82) is 0 Å². The van der Waals surface area contributed by atoms with Gasteiger partial charge < -0.3 is 25.2 Å². The van der Waals surface area contributed by atoms with Crippen LogP contribution in [0.4, 0.5) is 0 Å². The second-order valence-corrected chi connectivity index (χ2v) is 14.2. The molecule has 0 spiro atoms. The van der Waals surface area contributed by atoms with Crippen LogP contribution in [0.15, 0.2) is 0 Å². The molecule has 4 rings (SSSR count). The normalized spacial score (nSPS) is 45.0. The van der Waals surface area contributed by atoms with Gasteiger partial charge in [-0.2, -0.15) is 0 Å². The Kier molecular flexibility index (Phi) is 10.3. The van der Waals surface area contributed by atoms with E-state index in [1.54, 1.807) is 0 Å². The third-order valence-electron chi connectivity index (χ3n) is 11.0. The van der Waals surface area contributed by atoms with E-state index in [1.165, 1.54) is 0 Å². The first-order valence-electron chi connectivity index (χ1n) is 13.5. The van der Waals surface area contributed by atoms with Gasteiger partial charge in [-0.05, 0) is 97.7 Å². The quantitative estimate of drug-likeness (QED) is 0.234. The molecule has 10 heteroatoms. The van der Waals surface area contributed by atoms with Gasteiger partial charge in [0.05, 0.1) is 34.2 Å². The van der Waals surface area contributed by atoms with E-state index in [2.05, 4.69) is 26.1 Å². The van der Waals surface area contributed by atoms with E-state index in [1.807, 2.05) is 0 Å². The fourth-order valence-corrected chi connectivity index (χ4v) is 9.45. The zero-order chi connectivity index (χ0) is 25.8. The molecule has 8 nitrogen and oxygen atoms in total. The summed E-state index contributed by atoms with van der Waals surface area (Å²) in [7, 11) is -4.35. The van der Waals surface area contributed by atoms with Crippen LogP contribution in [0.25, 0.3) is 0 Å². The molecule has 0 aromatic heterocycles. The van der Waals surface area contributed by atoms with Crippen molar-refractivity contribution in [2.45, 2.75) is 96.9 Å². The summed E-state index contributed by atoms with van der Waals surface area (Å²) >= 11 is 0. The summed E-state index contributed by atoms with van der Waals surface area (Å²) in [5.41, 5.74) is -0.267. The van der Waals surface area contributed by atoms with Crippen LogP contribution in [0.5, 0.6) is 0 Å². The molecular weight excluding hydrogens is 509 g/mol. The maximum absolute atomic E-state index is 12.2. The number of nitrogens with one attached hydrogen (secondary N) is 1. The van der Waals surface area contributed by atoms with Crippen LogP contribution in [0, 0.1) is 46.3 Å². The maximum Gasteiger partial charge on any atom is 1.00 e. The second kappa shape index (κ2) is 11.8. The minimum absolute atomic E-state index is 0. The SMILES string of the molecule is CC(CCC(=O)NCCS(=O)(=O)[O-])[C@H]1CC[C@H]2C3C(O)CC4C[C@H](O)CC[C@]4(C)[C@H]3C[C@H](O)[C@]12C.[K+]. The smallest absolute Gasteiger partial charge is 0.748 e. The number of rotatable bonds is 7. The Morgan fingerprint density at radius 1 is 1.08 bits per heavy atom. The molecule has 4 aliphatic rings. The number of hydrogen-bond acceptors (Lipinski definition) is 7. The van der Waals surface area contributed by atoms with E-state index < -0.39 is 28.1 Å². The molecule has 4 N–H and O–H groups in total. The molecule has 4 unspecified atom stereocenters. The Balaban J connectivity index is 0.00000361. The number of carbonyl (C=O) groups is 1. The Bertz CT molecular complexity index is 903. The zero-order valence-electron chi connectivity index (χ0n) is 22.4. The molecule has 4 saturated carbocycles. The average Bonchev–Trinajstić information content (AvgIpc) is 3.12. The molecule has 4 aliphatic carbocycles. The topological polar surface area (TPSA) is 147 Å². The van der Waals surface area contributed by atoms with Crippen molar-refractivity contribution < 1.29 is 84.5 Å². The molecular formula is C26H44KNO7S. The van der Waals surface area contributed by atoms with E-state index in [0.29, 0.717) is 18.8 Å². The van der Waals surface area contributed by atoms with Crippen LogP contribution in [0.1, 0.15) is 78.6 Å². The fourth-order valence-electron chi connectivity index (χ4n) is 9.10. The maximum atomic E-state index is 12.2. The predicted molar refractivity (Wildman–Crippen MR) is 130 cm³/mol. The van der Waals surface area contributed by atoms with Crippen LogP contribution in [0.3, 0.4) is 0 Å². The van der Waals surface area contributed by atoms with Gasteiger partial charge >= 0.3 is 51.4 Å². The molecule has 0 radical (unpaired) electrons. The van der Waals surface area contributed by atoms with E-state index in [-0.39, 0.29) is 117 Å². The van der Waals surface area contributed by atoms with Gasteiger partial charge in [0.2, 0.25) is 5.91 Å². The minimum Gasteiger partial charge on any atom is -0.748 e. The summed E-state index contributed by atoms with van der Waals surface area (Å²) in [6.45, 7) is 6.48. The molecule has 0 aliphatic heterocycles. The predicted octanol–water partition coefficient (Wildman–Crippen LogP) is -0.970. The number of fused-ring (bicyclic) bond motifs is 5. The zero-order valence-corrected chi connectivity index (χ0v) is 26.3. The van der Waals surface area contributed by atoms with E-state index in [0.717, 1.165) is 38.5 Å². The standard InChI is InChI=1S/C26H45NO7S.K/c1-15(4-7-23(31)27-10-11-35(32,33)34)18-5-6-19-24-20(14-22(30)26(18,19)3)25(2)9-8-17(28)12-16(25)13-21(24)29;/h15-22,24,28-30H,4-14H2,1-3H3,(H,27,31)(H,32,33,34);/q;+1/p-1/t15?,16?,17-,18-,19+,20+,21?,22+,24?,25+,26-;/m1./s1. The monoisotopic (exact) mass is 553 g/mol. The van der Waals surface area contributed by atoms with Crippen molar-refractivity contribution in [2.75, 3.05) is 12.3 Å². The molecule has 0 saturated heterocycles. The number of hydrogen-bond donors (Lipinski definition) is 4. The third kappa shape index (κ3) is 5.98. The van der Waals surface area contributed by atoms with Crippen molar-refractivity contribution >= 4 is 16.0 Å². The minimum atomic E-state index is -4.35. The number of carbonyl (C=O) groups excluding carboxylic acids is 1. The average molecular weight is 554 g/mol. The summed E-state index contributed by atoms with van der Waals surface area (Å²) in [6, 6.07) is 0. The Morgan fingerprint density at radius 2 is 1.78 bits per heavy atom. The molecule has 36 heavy (non-hydrogen) atoms. The van der Waals surface area contributed by atoms with Crippen molar-refractivity contribution in [2.24, 2.45) is 46.3 Å².